The van der Waals surface area contributed by atoms with Gasteiger partial charge in [-0.1, -0.05) is 23.4 Å². The van der Waals surface area contributed by atoms with Gasteiger partial charge in [0.2, 0.25) is 0 Å². The lowest BCUT2D eigenvalue weighted by Crippen LogP contribution is -2.06. The molecule has 0 unspecified atom stereocenters. The van der Waals surface area contributed by atoms with Gasteiger partial charge in [-0.3, -0.25) is 0 Å². The van der Waals surface area contributed by atoms with Crippen molar-refractivity contribution in [3.8, 4) is 5.75 Å². The summed E-state index contributed by atoms with van der Waals surface area (Å²) in [5, 5.41) is 8.11. The smallest absolute Gasteiger partial charge is 0.338 e. The number of benzene rings is 2. The van der Waals surface area contributed by atoms with Gasteiger partial charge in [-0.2, -0.15) is 0 Å². The predicted molar refractivity (Wildman–Crippen MR) is 89.9 cm³/mol. The summed E-state index contributed by atoms with van der Waals surface area (Å²) in [5.41, 5.74) is 2.88. The van der Waals surface area contributed by atoms with Crippen LogP contribution >= 0.6 is 0 Å². The van der Waals surface area contributed by atoms with E-state index in [0.717, 1.165) is 23.4 Å². The summed E-state index contributed by atoms with van der Waals surface area (Å²) < 4.78 is 12.7. The molecule has 6 nitrogen and oxygen atoms in total. The van der Waals surface area contributed by atoms with E-state index in [4.69, 9.17) is 9.47 Å². The van der Waals surface area contributed by atoms with Crippen molar-refractivity contribution in [2.45, 2.75) is 27.0 Å². The average molecular weight is 325 g/mol. The Bertz CT molecular complexity index is 858. The van der Waals surface area contributed by atoms with E-state index in [1.807, 2.05) is 44.2 Å². The Balaban J connectivity index is 1.73. The molecule has 0 saturated carbocycles. The number of para-hydroxylation sites is 1. The van der Waals surface area contributed by atoms with Crippen LogP contribution in [0.5, 0.6) is 5.75 Å². The second-order valence-corrected chi connectivity index (χ2v) is 5.23. The first-order chi connectivity index (χ1) is 11.7. The predicted octanol–water partition coefficient (Wildman–Crippen LogP) is 3.21. The van der Waals surface area contributed by atoms with Gasteiger partial charge in [0, 0.05) is 12.1 Å². The first-order valence-electron chi connectivity index (χ1n) is 7.94. The zero-order valence-corrected chi connectivity index (χ0v) is 13.7. The van der Waals surface area contributed by atoms with E-state index in [9.17, 15) is 4.79 Å². The van der Waals surface area contributed by atoms with Crippen LogP contribution in [0.25, 0.3) is 11.0 Å². The summed E-state index contributed by atoms with van der Waals surface area (Å²) >= 11 is 0. The lowest BCUT2D eigenvalue weighted by Gasteiger charge is -2.10. The highest BCUT2D eigenvalue weighted by Crippen LogP contribution is 2.20. The van der Waals surface area contributed by atoms with Crippen molar-refractivity contribution in [2.24, 2.45) is 0 Å². The third-order valence-electron chi connectivity index (χ3n) is 3.68. The molecule has 0 atom stereocenters. The van der Waals surface area contributed by atoms with E-state index >= 15 is 0 Å². The minimum absolute atomic E-state index is 0.161. The Kier molecular flexibility index (Phi) is 4.74. The fourth-order valence-corrected chi connectivity index (χ4v) is 2.48. The van der Waals surface area contributed by atoms with E-state index in [1.165, 1.54) is 0 Å². The molecule has 2 aromatic carbocycles. The van der Waals surface area contributed by atoms with E-state index in [-0.39, 0.29) is 6.61 Å². The number of nitrogens with zero attached hydrogens (tertiary/aromatic N) is 3. The number of rotatable bonds is 6. The zero-order valence-electron chi connectivity index (χ0n) is 13.7. The molecular weight excluding hydrogens is 306 g/mol. The number of hydrogen-bond donors (Lipinski definition) is 0. The van der Waals surface area contributed by atoms with Crippen LogP contribution in [0.1, 0.15) is 29.8 Å². The number of ether oxygens (including phenoxy) is 2. The van der Waals surface area contributed by atoms with Gasteiger partial charge in [0.25, 0.3) is 0 Å². The van der Waals surface area contributed by atoms with Gasteiger partial charge in [0.05, 0.1) is 17.7 Å². The number of hydrogen-bond acceptors (Lipinski definition) is 5. The van der Waals surface area contributed by atoms with Gasteiger partial charge < -0.3 is 9.47 Å². The molecule has 0 radical (unpaired) electrons. The summed E-state index contributed by atoms with van der Waals surface area (Å²) in [5.74, 6) is 0.336. The molecule has 0 fully saturated rings. The maximum Gasteiger partial charge on any atom is 0.338 e. The third kappa shape index (κ3) is 3.22. The van der Waals surface area contributed by atoms with Gasteiger partial charge in [-0.05, 0) is 38.1 Å². The molecule has 0 aliphatic carbocycles. The van der Waals surface area contributed by atoms with E-state index in [1.54, 1.807) is 16.8 Å². The topological polar surface area (TPSA) is 66.2 Å². The van der Waals surface area contributed by atoms with Crippen molar-refractivity contribution in [1.29, 1.82) is 0 Å². The molecule has 0 bridgehead atoms. The van der Waals surface area contributed by atoms with Gasteiger partial charge in [-0.25, -0.2) is 9.48 Å². The van der Waals surface area contributed by atoms with E-state index in [0.29, 0.717) is 17.7 Å². The molecule has 0 aliphatic heterocycles. The van der Waals surface area contributed by atoms with Gasteiger partial charge in [0.1, 0.15) is 17.9 Å². The summed E-state index contributed by atoms with van der Waals surface area (Å²) in [6.07, 6.45) is 0. The molecule has 24 heavy (non-hydrogen) atoms. The highest BCUT2D eigenvalue weighted by atomic mass is 16.5. The summed E-state index contributed by atoms with van der Waals surface area (Å²) in [4.78, 5) is 12.3. The zero-order chi connectivity index (χ0) is 16.9. The number of aromatic nitrogens is 3. The standard InChI is InChI=1S/C18H19N3O3/c1-3-21-16-10-9-13(11-15(16)19-20-21)18(22)24-12-14-7-5-6-8-17(14)23-4-2/h5-11H,3-4,12H2,1-2H3. The third-order valence-corrected chi connectivity index (χ3v) is 3.68. The summed E-state index contributed by atoms with van der Waals surface area (Å²) in [7, 11) is 0. The Hall–Kier alpha value is -2.89. The highest BCUT2D eigenvalue weighted by Gasteiger charge is 2.12. The fraction of sp³-hybridized carbons (Fsp3) is 0.278. The maximum atomic E-state index is 12.3. The van der Waals surface area contributed by atoms with Crippen LogP contribution in [0.15, 0.2) is 42.5 Å². The lowest BCUT2D eigenvalue weighted by atomic mass is 10.2. The lowest BCUT2D eigenvalue weighted by molar-refractivity contribution is 0.0470. The van der Waals surface area contributed by atoms with Crippen LogP contribution in [0, 0.1) is 0 Å². The Morgan fingerprint density at radius 2 is 2.00 bits per heavy atom. The number of carbonyl (C=O) groups excluding carboxylic acids is 1. The molecule has 124 valence electrons. The van der Waals surface area contributed by atoms with Crippen LogP contribution in [-0.4, -0.2) is 27.6 Å². The molecule has 3 aromatic rings. The molecule has 0 amide bonds. The summed E-state index contributed by atoms with van der Waals surface area (Å²) in [6, 6.07) is 12.8. The molecular formula is C18H19N3O3. The number of fused-ring (bicyclic) bond motifs is 1. The van der Waals surface area contributed by atoms with Gasteiger partial charge in [0.15, 0.2) is 0 Å². The van der Waals surface area contributed by atoms with Crippen molar-refractivity contribution < 1.29 is 14.3 Å². The minimum Gasteiger partial charge on any atom is -0.493 e. The molecule has 6 heteroatoms. The van der Waals surface area contributed by atoms with Crippen LogP contribution in [-0.2, 0) is 17.9 Å². The van der Waals surface area contributed by atoms with Crippen molar-refractivity contribution in [2.75, 3.05) is 6.61 Å². The normalized spacial score (nSPS) is 10.8. The first-order valence-corrected chi connectivity index (χ1v) is 7.94. The second kappa shape index (κ2) is 7.12. The number of aryl methyl sites for hydroxylation is 1. The first kappa shape index (κ1) is 16.0. The van der Waals surface area contributed by atoms with Crippen molar-refractivity contribution in [3.05, 3.63) is 53.6 Å². The van der Waals surface area contributed by atoms with Crippen molar-refractivity contribution in [1.82, 2.24) is 15.0 Å². The summed E-state index contributed by atoms with van der Waals surface area (Å²) in [6.45, 7) is 5.37. The molecule has 1 heterocycles. The quantitative estimate of drug-likeness (QED) is 0.651. The van der Waals surface area contributed by atoms with E-state index < -0.39 is 5.97 Å². The number of esters is 1. The SMILES string of the molecule is CCOc1ccccc1COC(=O)c1ccc2c(c1)nnn2CC. The molecule has 0 aliphatic rings. The van der Waals surface area contributed by atoms with Gasteiger partial charge >= 0.3 is 5.97 Å². The van der Waals surface area contributed by atoms with Gasteiger partial charge in [-0.15, -0.1) is 5.10 Å². The molecule has 1 aromatic heterocycles. The van der Waals surface area contributed by atoms with Crippen LogP contribution in [0.2, 0.25) is 0 Å². The largest absolute Gasteiger partial charge is 0.493 e. The van der Waals surface area contributed by atoms with E-state index in [2.05, 4.69) is 10.3 Å². The fourth-order valence-electron chi connectivity index (χ4n) is 2.48. The second-order valence-electron chi connectivity index (χ2n) is 5.23. The highest BCUT2D eigenvalue weighted by molar-refractivity contribution is 5.93. The number of carbonyl (C=O) groups is 1. The molecule has 3 rings (SSSR count). The van der Waals surface area contributed by atoms with Crippen molar-refractivity contribution in [3.63, 3.8) is 0 Å². The maximum absolute atomic E-state index is 12.3. The monoisotopic (exact) mass is 325 g/mol. The molecule has 0 N–H and O–H groups in total. The average Bonchev–Trinajstić information content (AvgIpc) is 3.03. The Labute approximate surface area is 140 Å². The van der Waals surface area contributed by atoms with Crippen LogP contribution < -0.4 is 4.74 Å². The Morgan fingerprint density at radius 1 is 1.17 bits per heavy atom. The molecule has 0 spiro atoms. The molecule has 0 saturated heterocycles. The van der Waals surface area contributed by atoms with Crippen molar-refractivity contribution >= 4 is 17.0 Å². The minimum atomic E-state index is -0.394. The van der Waals surface area contributed by atoms with Crippen LogP contribution in [0.3, 0.4) is 0 Å². The Morgan fingerprint density at radius 3 is 2.79 bits per heavy atom. The van der Waals surface area contributed by atoms with Crippen LogP contribution in [0.4, 0.5) is 0 Å².